The fourth-order valence-corrected chi connectivity index (χ4v) is 1.39. The highest BCUT2D eigenvalue weighted by atomic mass is 16.2. The number of carbonyl (C=O) groups excluding carboxylic acids is 1. The zero-order chi connectivity index (χ0) is 12.1. The highest BCUT2D eigenvalue weighted by Gasteiger charge is 2.13. The van der Waals surface area contributed by atoms with E-state index in [9.17, 15) is 4.79 Å². The van der Waals surface area contributed by atoms with Crippen molar-refractivity contribution in [3.63, 3.8) is 0 Å². The molecule has 0 aliphatic rings. The molecule has 0 saturated heterocycles. The van der Waals surface area contributed by atoms with Crippen LogP contribution in [-0.4, -0.2) is 24.4 Å². The second kappa shape index (κ2) is 5.17. The molecule has 16 heavy (non-hydrogen) atoms. The van der Waals surface area contributed by atoms with Gasteiger partial charge in [0.15, 0.2) is 0 Å². The number of nitrogen functional groups attached to an aromatic ring is 1. The Labute approximate surface area is 95.3 Å². The zero-order valence-electron chi connectivity index (χ0n) is 9.53. The van der Waals surface area contributed by atoms with E-state index in [0.717, 1.165) is 5.56 Å². The van der Waals surface area contributed by atoms with E-state index in [1.807, 2.05) is 19.1 Å². The summed E-state index contributed by atoms with van der Waals surface area (Å²) >= 11 is 0. The fourth-order valence-electron chi connectivity index (χ4n) is 1.39. The van der Waals surface area contributed by atoms with Crippen molar-refractivity contribution in [2.45, 2.75) is 13.3 Å². The molecule has 0 aromatic heterocycles. The summed E-state index contributed by atoms with van der Waals surface area (Å²) in [6.07, 6.45) is 0.337. The average molecular weight is 217 g/mol. The summed E-state index contributed by atoms with van der Waals surface area (Å²) in [6, 6.07) is 7.26. The van der Waals surface area contributed by atoms with Crippen LogP contribution in [-0.2, 0) is 0 Å². The second-order valence-electron chi connectivity index (χ2n) is 3.71. The Morgan fingerprint density at radius 3 is 2.88 bits per heavy atom. The van der Waals surface area contributed by atoms with Crippen LogP contribution in [0.3, 0.4) is 0 Å². The quantitative estimate of drug-likeness (QED) is 0.781. The maximum absolute atomic E-state index is 12.0. The van der Waals surface area contributed by atoms with Crippen molar-refractivity contribution in [1.29, 1.82) is 5.26 Å². The molecule has 0 fully saturated rings. The van der Waals surface area contributed by atoms with Crippen LogP contribution in [0.2, 0.25) is 0 Å². The van der Waals surface area contributed by atoms with Crippen molar-refractivity contribution in [3.8, 4) is 6.07 Å². The van der Waals surface area contributed by atoms with Gasteiger partial charge in [-0.05, 0) is 24.6 Å². The predicted molar refractivity (Wildman–Crippen MR) is 62.8 cm³/mol. The van der Waals surface area contributed by atoms with Gasteiger partial charge in [-0.3, -0.25) is 4.79 Å². The lowest BCUT2D eigenvalue weighted by atomic mass is 10.1. The van der Waals surface area contributed by atoms with Crippen molar-refractivity contribution < 1.29 is 4.79 Å². The highest BCUT2D eigenvalue weighted by molar-refractivity contribution is 5.96. The van der Waals surface area contributed by atoms with Crippen molar-refractivity contribution in [3.05, 3.63) is 29.3 Å². The minimum Gasteiger partial charge on any atom is -0.399 e. The molecule has 84 valence electrons. The van der Waals surface area contributed by atoms with Crippen LogP contribution in [0.5, 0.6) is 0 Å². The van der Waals surface area contributed by atoms with Crippen LogP contribution in [0.15, 0.2) is 18.2 Å². The third-order valence-corrected chi connectivity index (χ3v) is 2.40. The largest absolute Gasteiger partial charge is 0.399 e. The predicted octanol–water partition coefficient (Wildman–Crippen LogP) is 1.56. The molecule has 1 amide bonds. The van der Waals surface area contributed by atoms with Crippen molar-refractivity contribution in [2.75, 3.05) is 19.3 Å². The minimum absolute atomic E-state index is 0.0972. The molecule has 0 spiro atoms. The molecule has 0 radical (unpaired) electrons. The summed E-state index contributed by atoms with van der Waals surface area (Å²) < 4.78 is 0. The van der Waals surface area contributed by atoms with Crippen molar-refractivity contribution >= 4 is 11.6 Å². The summed E-state index contributed by atoms with van der Waals surface area (Å²) in [7, 11) is 1.68. The average Bonchev–Trinajstić information content (AvgIpc) is 2.28. The van der Waals surface area contributed by atoms with E-state index in [1.54, 1.807) is 19.2 Å². The minimum atomic E-state index is -0.0972. The number of nitrogens with two attached hydrogens (primary N) is 1. The monoisotopic (exact) mass is 217 g/mol. The summed E-state index contributed by atoms with van der Waals surface area (Å²) in [5.74, 6) is -0.0972. The number of nitrogens with zero attached hydrogens (tertiary/aromatic N) is 2. The van der Waals surface area contributed by atoms with E-state index in [0.29, 0.717) is 24.2 Å². The van der Waals surface area contributed by atoms with Gasteiger partial charge in [0.25, 0.3) is 5.91 Å². The lowest BCUT2D eigenvalue weighted by molar-refractivity contribution is 0.0797. The van der Waals surface area contributed by atoms with Crippen molar-refractivity contribution in [2.24, 2.45) is 0 Å². The van der Waals surface area contributed by atoms with E-state index in [2.05, 4.69) is 0 Å². The fraction of sp³-hybridized carbons (Fsp3) is 0.333. The van der Waals surface area contributed by atoms with Gasteiger partial charge < -0.3 is 10.6 Å². The van der Waals surface area contributed by atoms with Crippen LogP contribution >= 0.6 is 0 Å². The topological polar surface area (TPSA) is 70.1 Å². The Morgan fingerprint density at radius 1 is 1.56 bits per heavy atom. The molecule has 0 unspecified atom stereocenters. The van der Waals surface area contributed by atoms with Crippen LogP contribution in [0.25, 0.3) is 0 Å². The molecule has 4 nitrogen and oxygen atoms in total. The highest BCUT2D eigenvalue weighted by Crippen LogP contribution is 2.14. The van der Waals surface area contributed by atoms with E-state index in [4.69, 9.17) is 11.0 Å². The van der Waals surface area contributed by atoms with Gasteiger partial charge in [0.1, 0.15) is 0 Å². The molecular weight excluding hydrogens is 202 g/mol. The summed E-state index contributed by atoms with van der Waals surface area (Å²) in [6.45, 7) is 2.30. The molecule has 0 bridgehead atoms. The third kappa shape index (κ3) is 2.74. The molecular formula is C12H15N3O. The maximum atomic E-state index is 12.0. The van der Waals surface area contributed by atoms with Gasteiger partial charge in [-0.15, -0.1) is 0 Å². The van der Waals surface area contributed by atoms with E-state index in [1.165, 1.54) is 4.90 Å². The number of amides is 1. The Morgan fingerprint density at radius 2 is 2.25 bits per heavy atom. The second-order valence-corrected chi connectivity index (χ2v) is 3.71. The Hall–Kier alpha value is -2.02. The molecule has 0 aliphatic carbocycles. The van der Waals surface area contributed by atoms with Gasteiger partial charge >= 0.3 is 0 Å². The molecule has 0 saturated carbocycles. The summed E-state index contributed by atoms with van der Waals surface area (Å²) in [4.78, 5) is 13.5. The first-order valence-corrected chi connectivity index (χ1v) is 5.05. The molecule has 0 atom stereocenters. The standard InChI is InChI=1S/C12H15N3O/c1-9-4-5-10(14)8-11(9)12(16)15(2)7-3-6-13/h4-5,8H,3,7,14H2,1-2H3. The van der Waals surface area contributed by atoms with E-state index >= 15 is 0 Å². The Kier molecular flexibility index (Phi) is 3.90. The van der Waals surface area contributed by atoms with Gasteiger partial charge in [0.2, 0.25) is 0 Å². The Bertz CT molecular complexity index is 434. The molecule has 1 aromatic rings. The molecule has 0 heterocycles. The van der Waals surface area contributed by atoms with Gasteiger partial charge in [-0.1, -0.05) is 6.07 Å². The number of anilines is 1. The number of rotatable bonds is 3. The Balaban J connectivity index is 2.88. The van der Waals surface area contributed by atoms with Crippen LogP contribution in [0, 0.1) is 18.3 Å². The third-order valence-electron chi connectivity index (χ3n) is 2.40. The summed E-state index contributed by atoms with van der Waals surface area (Å²) in [5, 5.41) is 8.46. The SMILES string of the molecule is Cc1ccc(N)cc1C(=O)N(C)CCC#N. The number of carbonyl (C=O) groups is 1. The van der Waals surface area contributed by atoms with Crippen LogP contribution < -0.4 is 5.73 Å². The van der Waals surface area contributed by atoms with Crippen molar-refractivity contribution in [1.82, 2.24) is 4.90 Å². The molecule has 0 aliphatic heterocycles. The van der Waals surface area contributed by atoms with Gasteiger partial charge in [-0.2, -0.15) is 5.26 Å². The first-order valence-electron chi connectivity index (χ1n) is 5.05. The molecule has 1 rings (SSSR count). The van der Waals surface area contributed by atoms with Gasteiger partial charge in [0.05, 0.1) is 12.5 Å². The van der Waals surface area contributed by atoms with Crippen LogP contribution in [0.1, 0.15) is 22.3 Å². The number of benzene rings is 1. The number of hydrogen-bond acceptors (Lipinski definition) is 3. The van der Waals surface area contributed by atoms with Gasteiger partial charge in [0, 0.05) is 24.8 Å². The van der Waals surface area contributed by atoms with E-state index in [-0.39, 0.29) is 5.91 Å². The molecule has 2 N–H and O–H groups in total. The lowest BCUT2D eigenvalue weighted by Crippen LogP contribution is -2.28. The molecule has 4 heteroatoms. The number of nitriles is 1. The van der Waals surface area contributed by atoms with Crippen LogP contribution in [0.4, 0.5) is 5.69 Å². The zero-order valence-corrected chi connectivity index (χ0v) is 9.53. The first-order chi connectivity index (χ1) is 7.56. The van der Waals surface area contributed by atoms with Gasteiger partial charge in [-0.25, -0.2) is 0 Å². The molecule has 1 aromatic carbocycles. The maximum Gasteiger partial charge on any atom is 0.253 e. The first kappa shape index (κ1) is 12.1. The van der Waals surface area contributed by atoms with E-state index < -0.39 is 0 Å². The number of hydrogen-bond donors (Lipinski definition) is 1. The lowest BCUT2D eigenvalue weighted by Gasteiger charge is -2.17. The number of aryl methyl sites for hydroxylation is 1. The summed E-state index contributed by atoms with van der Waals surface area (Å²) in [5.41, 5.74) is 7.70. The smallest absolute Gasteiger partial charge is 0.253 e. The normalized spacial score (nSPS) is 9.56.